The van der Waals surface area contributed by atoms with Crippen LogP contribution in [0.25, 0.3) is 0 Å². The topological polar surface area (TPSA) is 59.0 Å². The van der Waals surface area contributed by atoms with Crippen molar-refractivity contribution in [1.29, 1.82) is 0 Å². The van der Waals surface area contributed by atoms with Crippen molar-refractivity contribution < 1.29 is 27.5 Å². The van der Waals surface area contributed by atoms with Crippen LogP contribution >= 0.6 is 0 Å². The molecule has 24 heavy (non-hydrogen) atoms. The van der Waals surface area contributed by atoms with Crippen molar-refractivity contribution in [2.45, 2.75) is 26.9 Å². The molecular weight excluding hydrogens is 325 g/mol. The highest BCUT2D eigenvalue weighted by molar-refractivity contribution is 6.32. The van der Waals surface area contributed by atoms with Gasteiger partial charge in [-0.25, -0.2) is 4.79 Å². The van der Waals surface area contributed by atoms with Gasteiger partial charge in [0.15, 0.2) is 5.57 Å². The molecule has 0 unspecified atom stereocenters. The summed E-state index contributed by atoms with van der Waals surface area (Å²) in [6.45, 7) is 4.82. The summed E-state index contributed by atoms with van der Waals surface area (Å²) in [7, 11) is 0.822. The molecule has 1 amide bonds. The maximum atomic E-state index is 13.2. The minimum absolute atomic E-state index is 0.197. The molecule has 1 aliphatic rings. The maximum Gasteiger partial charge on any atom is 0.424 e. The van der Waals surface area contributed by atoms with Gasteiger partial charge in [-0.1, -0.05) is 6.07 Å². The fourth-order valence-electron chi connectivity index (χ4n) is 2.50. The van der Waals surface area contributed by atoms with Crippen LogP contribution in [0.5, 0.6) is 0 Å². The van der Waals surface area contributed by atoms with Gasteiger partial charge in [0.05, 0.1) is 24.1 Å². The summed E-state index contributed by atoms with van der Waals surface area (Å²) < 4.78 is 43.9. The van der Waals surface area contributed by atoms with Gasteiger partial charge in [-0.15, -0.1) is 0 Å². The number of methoxy groups -OCH3 is 1. The third-order valence-corrected chi connectivity index (χ3v) is 3.39. The van der Waals surface area contributed by atoms with Gasteiger partial charge in [0.1, 0.15) is 0 Å². The Kier molecular flexibility index (Phi) is 4.50. The Hall–Kier alpha value is -2.64. The first-order valence-corrected chi connectivity index (χ1v) is 6.94. The number of hydrazone groups is 1. The molecule has 1 heterocycles. The van der Waals surface area contributed by atoms with E-state index in [0.717, 1.165) is 23.2 Å². The molecule has 1 aromatic rings. The molecule has 0 spiro atoms. The van der Waals surface area contributed by atoms with Gasteiger partial charge in [0, 0.05) is 0 Å². The molecule has 0 radical (unpaired) electrons. The first-order valence-electron chi connectivity index (χ1n) is 6.94. The predicted molar refractivity (Wildman–Crippen MR) is 81.6 cm³/mol. The van der Waals surface area contributed by atoms with E-state index in [9.17, 15) is 22.8 Å². The van der Waals surface area contributed by atoms with Crippen molar-refractivity contribution in [2.24, 2.45) is 5.10 Å². The molecule has 1 aromatic carbocycles. The summed E-state index contributed by atoms with van der Waals surface area (Å²) in [6, 6.07) is 5.10. The summed E-state index contributed by atoms with van der Waals surface area (Å²) in [6.07, 6.45) is -5.03. The van der Waals surface area contributed by atoms with Gasteiger partial charge in [-0.3, -0.25) is 4.79 Å². The Balaban J connectivity index is 2.61. The Bertz CT molecular complexity index is 759. The summed E-state index contributed by atoms with van der Waals surface area (Å²) >= 11 is 0. The number of alkyl halides is 3. The van der Waals surface area contributed by atoms with Crippen molar-refractivity contribution in [1.82, 2.24) is 0 Å². The molecule has 0 N–H and O–H groups in total. The van der Waals surface area contributed by atoms with Crippen LogP contribution in [0.3, 0.4) is 0 Å². The number of hydrogen-bond acceptors (Lipinski definition) is 4. The summed E-state index contributed by atoms with van der Waals surface area (Å²) in [4.78, 5) is 24.1. The van der Waals surface area contributed by atoms with E-state index in [-0.39, 0.29) is 5.71 Å². The normalized spacial score (nSPS) is 17.0. The second kappa shape index (κ2) is 6.10. The van der Waals surface area contributed by atoms with E-state index in [1.165, 1.54) is 6.92 Å². The van der Waals surface area contributed by atoms with Crippen LogP contribution in [0.15, 0.2) is 34.4 Å². The standard InChI is InChI=1S/C16H15F3N2O3/c1-8-5-9(2)7-11(6-8)21-14(22)12(10(3)20-21)13(15(23)24-4)16(17,18)19/h5-7H,1-4H3/b13-12-. The third-order valence-electron chi connectivity index (χ3n) is 3.39. The van der Waals surface area contributed by atoms with Crippen LogP contribution < -0.4 is 5.01 Å². The number of halogens is 3. The molecule has 0 saturated heterocycles. The molecule has 0 saturated carbocycles. The van der Waals surface area contributed by atoms with Gasteiger partial charge in [-0.05, 0) is 44.0 Å². The average Bonchev–Trinajstić information content (AvgIpc) is 2.73. The van der Waals surface area contributed by atoms with Crippen molar-refractivity contribution in [2.75, 3.05) is 12.1 Å². The number of nitrogens with zero attached hydrogens (tertiary/aromatic N) is 2. The van der Waals surface area contributed by atoms with Crippen LogP contribution in [0.1, 0.15) is 18.1 Å². The maximum absolute atomic E-state index is 13.2. The van der Waals surface area contributed by atoms with Gasteiger partial charge in [-0.2, -0.15) is 23.3 Å². The number of esters is 1. The molecule has 8 heteroatoms. The lowest BCUT2D eigenvalue weighted by molar-refractivity contribution is -0.148. The highest BCUT2D eigenvalue weighted by Crippen LogP contribution is 2.34. The minimum atomic E-state index is -5.03. The van der Waals surface area contributed by atoms with Crippen molar-refractivity contribution in [3.63, 3.8) is 0 Å². The monoisotopic (exact) mass is 340 g/mol. The largest absolute Gasteiger partial charge is 0.465 e. The number of hydrogen-bond donors (Lipinski definition) is 0. The highest BCUT2D eigenvalue weighted by atomic mass is 19.4. The van der Waals surface area contributed by atoms with E-state index < -0.39 is 29.2 Å². The van der Waals surface area contributed by atoms with Crippen LogP contribution in [-0.2, 0) is 14.3 Å². The van der Waals surface area contributed by atoms with E-state index >= 15 is 0 Å². The number of benzene rings is 1. The lowest BCUT2D eigenvalue weighted by Gasteiger charge is -2.15. The third kappa shape index (κ3) is 3.17. The zero-order valence-electron chi connectivity index (χ0n) is 13.5. The molecule has 0 fully saturated rings. The molecule has 1 aliphatic heterocycles. The molecule has 0 aliphatic carbocycles. The first kappa shape index (κ1) is 17.7. The van der Waals surface area contributed by atoms with Crippen molar-refractivity contribution in [3.05, 3.63) is 40.5 Å². The smallest absolute Gasteiger partial charge is 0.424 e. The zero-order valence-corrected chi connectivity index (χ0v) is 13.5. The number of rotatable bonds is 2. The zero-order chi connectivity index (χ0) is 18.2. The Morgan fingerprint density at radius 2 is 1.67 bits per heavy atom. The van der Waals surface area contributed by atoms with E-state index in [1.54, 1.807) is 26.0 Å². The summed E-state index contributed by atoms with van der Waals surface area (Å²) in [5, 5.41) is 4.75. The average molecular weight is 340 g/mol. The molecule has 0 bridgehead atoms. The SMILES string of the molecule is COC(=O)/C(=C1/C(=O)N(c2cc(C)cc(C)c2)N=C1C)C(F)(F)F. The van der Waals surface area contributed by atoms with Gasteiger partial charge in [0.2, 0.25) is 0 Å². The molecule has 0 atom stereocenters. The molecule has 0 aromatic heterocycles. The van der Waals surface area contributed by atoms with Crippen LogP contribution in [0.4, 0.5) is 18.9 Å². The quantitative estimate of drug-likeness (QED) is 0.614. The van der Waals surface area contributed by atoms with E-state index in [1.807, 2.05) is 6.07 Å². The molecule has 5 nitrogen and oxygen atoms in total. The van der Waals surface area contributed by atoms with Crippen molar-refractivity contribution >= 4 is 23.3 Å². The first-order chi connectivity index (χ1) is 11.1. The van der Waals surface area contributed by atoms with Crippen molar-refractivity contribution in [3.8, 4) is 0 Å². The number of ether oxygens (including phenoxy) is 1. The van der Waals surface area contributed by atoms with E-state index in [0.29, 0.717) is 5.69 Å². The summed E-state index contributed by atoms with van der Waals surface area (Å²) in [5.74, 6) is -2.64. The molecule has 128 valence electrons. The lowest BCUT2D eigenvalue weighted by Crippen LogP contribution is -2.29. The summed E-state index contributed by atoms with van der Waals surface area (Å²) in [5.41, 5.74) is -0.661. The highest BCUT2D eigenvalue weighted by Gasteiger charge is 2.47. The van der Waals surface area contributed by atoms with Crippen LogP contribution in [-0.4, -0.2) is 30.9 Å². The van der Waals surface area contributed by atoms with Crippen LogP contribution in [0, 0.1) is 13.8 Å². The number of carbonyl (C=O) groups is 2. The second-order valence-corrected chi connectivity index (χ2v) is 5.39. The fourth-order valence-corrected chi connectivity index (χ4v) is 2.50. The molecular formula is C16H15F3N2O3. The number of amides is 1. The molecule has 2 rings (SSSR count). The Morgan fingerprint density at radius 1 is 1.12 bits per heavy atom. The predicted octanol–water partition coefficient (Wildman–Crippen LogP) is 3.06. The lowest BCUT2D eigenvalue weighted by atomic mass is 10.0. The van der Waals surface area contributed by atoms with E-state index in [2.05, 4.69) is 9.84 Å². The number of anilines is 1. The number of aryl methyl sites for hydroxylation is 2. The Morgan fingerprint density at radius 3 is 2.12 bits per heavy atom. The fraction of sp³-hybridized carbons (Fsp3) is 0.312. The van der Waals surface area contributed by atoms with Gasteiger partial charge < -0.3 is 4.74 Å². The van der Waals surface area contributed by atoms with Crippen LogP contribution in [0.2, 0.25) is 0 Å². The van der Waals surface area contributed by atoms with E-state index in [4.69, 9.17) is 0 Å². The van der Waals surface area contributed by atoms with Gasteiger partial charge >= 0.3 is 12.1 Å². The second-order valence-electron chi connectivity index (χ2n) is 5.39. The Labute approximate surface area is 136 Å². The van der Waals surface area contributed by atoms with Gasteiger partial charge in [0.25, 0.3) is 5.91 Å². The number of carbonyl (C=O) groups excluding carboxylic acids is 2. The minimum Gasteiger partial charge on any atom is -0.465 e.